The lowest BCUT2D eigenvalue weighted by molar-refractivity contribution is 0.300. The van der Waals surface area contributed by atoms with Crippen LogP contribution in [0.2, 0.25) is 19.6 Å². The average molecular weight is 202 g/mol. The maximum atomic E-state index is 3.64. The molecule has 0 aliphatic rings. The number of hydrogen-bond donors (Lipinski definition) is 1. The maximum Gasteiger partial charge on any atom is 0.116 e. The van der Waals surface area contributed by atoms with E-state index in [-0.39, 0.29) is 0 Å². The Morgan fingerprint density at radius 3 is 2.00 bits per heavy atom. The number of hydrogen-bond acceptors (Lipinski definition) is 2. The third kappa shape index (κ3) is 8.47. The van der Waals surface area contributed by atoms with Gasteiger partial charge in [-0.15, -0.1) is 0 Å². The van der Waals surface area contributed by atoms with Gasteiger partial charge in [0.05, 0.1) is 0 Å². The lowest BCUT2D eigenvalue weighted by atomic mass is 10.4. The zero-order chi connectivity index (χ0) is 10.3. The molecule has 0 unspecified atom stereocenters. The molecule has 0 aromatic carbocycles. The summed E-state index contributed by atoms with van der Waals surface area (Å²) in [5, 5.41) is 0. The van der Waals surface area contributed by atoms with Crippen LogP contribution < -0.4 is 4.98 Å². The molecule has 3 heteroatoms. The van der Waals surface area contributed by atoms with Gasteiger partial charge in [0.2, 0.25) is 0 Å². The minimum Gasteiger partial charge on any atom is -0.337 e. The predicted octanol–water partition coefficient (Wildman–Crippen LogP) is 2.14. The molecule has 0 heterocycles. The molecule has 0 spiro atoms. The summed E-state index contributed by atoms with van der Waals surface area (Å²) in [6.07, 6.45) is 1.28. The summed E-state index contributed by atoms with van der Waals surface area (Å²) in [5.41, 5.74) is 0. The summed E-state index contributed by atoms with van der Waals surface area (Å²) in [4.78, 5) is 6.12. The fourth-order valence-electron chi connectivity index (χ4n) is 1.31. The van der Waals surface area contributed by atoms with Gasteiger partial charge in [-0.05, 0) is 32.6 Å². The number of rotatable bonds is 7. The molecule has 0 radical (unpaired) electrons. The smallest absolute Gasteiger partial charge is 0.116 e. The van der Waals surface area contributed by atoms with Crippen LogP contribution in [0.5, 0.6) is 0 Å². The lowest BCUT2D eigenvalue weighted by Gasteiger charge is -2.21. The van der Waals surface area contributed by atoms with E-state index in [0.717, 1.165) is 0 Å². The maximum absolute atomic E-state index is 3.64. The molecule has 0 aliphatic carbocycles. The van der Waals surface area contributed by atoms with Gasteiger partial charge in [0.1, 0.15) is 8.24 Å². The first-order valence-corrected chi connectivity index (χ1v) is 8.97. The van der Waals surface area contributed by atoms with Crippen LogP contribution in [-0.2, 0) is 0 Å². The van der Waals surface area contributed by atoms with Crippen molar-refractivity contribution in [2.24, 2.45) is 0 Å². The molecule has 0 rings (SSSR count). The van der Waals surface area contributed by atoms with Crippen LogP contribution in [0.15, 0.2) is 0 Å². The zero-order valence-electron chi connectivity index (χ0n) is 9.98. The molecule has 0 aromatic heterocycles. The number of nitrogens with zero attached hydrogens (tertiary/aromatic N) is 1. The van der Waals surface area contributed by atoms with E-state index in [4.69, 9.17) is 0 Å². The van der Waals surface area contributed by atoms with Gasteiger partial charge in [0.25, 0.3) is 0 Å². The molecule has 0 atom stereocenters. The summed E-state index contributed by atoms with van der Waals surface area (Å²) in [5.74, 6) is 0. The van der Waals surface area contributed by atoms with Gasteiger partial charge in [-0.25, -0.2) is 0 Å². The van der Waals surface area contributed by atoms with Gasteiger partial charge >= 0.3 is 0 Å². The first-order valence-electron chi connectivity index (χ1n) is 5.47. The Morgan fingerprint density at radius 1 is 1.08 bits per heavy atom. The average Bonchev–Trinajstić information content (AvgIpc) is 2.03. The van der Waals surface area contributed by atoms with Crippen molar-refractivity contribution in [3.8, 4) is 0 Å². The summed E-state index contributed by atoms with van der Waals surface area (Å²) in [6, 6.07) is 0. The molecular formula is C10H26N2Si. The molecule has 0 fully saturated rings. The van der Waals surface area contributed by atoms with Crippen molar-refractivity contribution in [1.29, 1.82) is 0 Å². The van der Waals surface area contributed by atoms with Crippen molar-refractivity contribution < 1.29 is 0 Å². The van der Waals surface area contributed by atoms with Gasteiger partial charge in [0.15, 0.2) is 0 Å². The monoisotopic (exact) mass is 202 g/mol. The van der Waals surface area contributed by atoms with Gasteiger partial charge in [-0.1, -0.05) is 33.5 Å². The van der Waals surface area contributed by atoms with Crippen LogP contribution in [0.25, 0.3) is 0 Å². The Hall–Kier alpha value is 0.137. The Morgan fingerprint density at radius 2 is 1.62 bits per heavy atom. The second kappa shape index (κ2) is 6.57. The second-order valence-corrected chi connectivity index (χ2v) is 9.41. The summed E-state index contributed by atoms with van der Waals surface area (Å²) in [7, 11) is -1.02. The Kier molecular flexibility index (Phi) is 6.64. The van der Waals surface area contributed by atoms with Crippen LogP contribution in [0.4, 0.5) is 0 Å². The van der Waals surface area contributed by atoms with Crippen molar-refractivity contribution in [2.75, 3.05) is 26.2 Å². The van der Waals surface area contributed by atoms with Crippen LogP contribution in [0, 0.1) is 0 Å². The van der Waals surface area contributed by atoms with E-state index in [1.165, 1.54) is 32.6 Å². The second-order valence-electron chi connectivity index (χ2n) is 4.56. The van der Waals surface area contributed by atoms with E-state index in [1.54, 1.807) is 0 Å². The zero-order valence-corrected chi connectivity index (χ0v) is 11.0. The van der Waals surface area contributed by atoms with Crippen molar-refractivity contribution >= 4 is 8.24 Å². The Balaban J connectivity index is 3.34. The molecule has 13 heavy (non-hydrogen) atoms. The summed E-state index contributed by atoms with van der Waals surface area (Å²) in [6.45, 7) is 16.3. The fraction of sp³-hybridized carbons (Fsp3) is 1.00. The first kappa shape index (κ1) is 13.1. The van der Waals surface area contributed by atoms with E-state index < -0.39 is 8.24 Å². The topological polar surface area (TPSA) is 15.3 Å². The van der Waals surface area contributed by atoms with Crippen molar-refractivity contribution in [1.82, 2.24) is 9.88 Å². The fourth-order valence-corrected chi connectivity index (χ4v) is 2.23. The van der Waals surface area contributed by atoms with Crippen LogP contribution in [-0.4, -0.2) is 39.3 Å². The highest BCUT2D eigenvalue weighted by atomic mass is 28.3. The minimum atomic E-state index is -1.02. The Bertz CT molecular complexity index is 117. The Labute approximate surface area is 84.8 Å². The lowest BCUT2D eigenvalue weighted by Crippen LogP contribution is -2.42. The predicted molar refractivity (Wildman–Crippen MR) is 63.8 cm³/mol. The highest BCUT2D eigenvalue weighted by Crippen LogP contribution is 1.95. The standard InChI is InChI=1S/C10H26N2Si/c1-6-12(7-2)10-8-9-11-13(3,4)5/h11H,6-10H2,1-5H3. The van der Waals surface area contributed by atoms with Crippen molar-refractivity contribution in [3.05, 3.63) is 0 Å². The molecule has 0 aromatic rings. The molecule has 1 N–H and O–H groups in total. The van der Waals surface area contributed by atoms with E-state index in [2.05, 4.69) is 43.4 Å². The summed E-state index contributed by atoms with van der Waals surface area (Å²) >= 11 is 0. The molecule has 80 valence electrons. The first-order chi connectivity index (χ1) is 5.99. The third-order valence-electron chi connectivity index (χ3n) is 2.20. The van der Waals surface area contributed by atoms with Crippen LogP contribution in [0.1, 0.15) is 20.3 Å². The van der Waals surface area contributed by atoms with Gasteiger partial charge < -0.3 is 9.88 Å². The van der Waals surface area contributed by atoms with Gasteiger partial charge in [0, 0.05) is 0 Å². The van der Waals surface area contributed by atoms with E-state index in [0.29, 0.717) is 0 Å². The van der Waals surface area contributed by atoms with E-state index >= 15 is 0 Å². The number of nitrogens with one attached hydrogen (secondary N) is 1. The molecule has 0 bridgehead atoms. The van der Waals surface area contributed by atoms with Crippen LogP contribution in [0.3, 0.4) is 0 Å². The molecule has 0 amide bonds. The van der Waals surface area contributed by atoms with E-state index in [1.807, 2.05) is 0 Å². The van der Waals surface area contributed by atoms with Crippen molar-refractivity contribution in [3.63, 3.8) is 0 Å². The quantitative estimate of drug-likeness (QED) is 0.503. The highest BCUT2D eigenvalue weighted by molar-refractivity contribution is 6.73. The van der Waals surface area contributed by atoms with Crippen molar-refractivity contribution in [2.45, 2.75) is 39.9 Å². The minimum absolute atomic E-state index is 1.02. The van der Waals surface area contributed by atoms with E-state index in [9.17, 15) is 0 Å². The molecule has 0 saturated carbocycles. The molecule has 2 nitrogen and oxygen atoms in total. The third-order valence-corrected chi connectivity index (χ3v) is 3.51. The highest BCUT2D eigenvalue weighted by Gasteiger charge is 2.10. The normalized spacial score (nSPS) is 12.5. The van der Waals surface area contributed by atoms with Gasteiger partial charge in [-0.2, -0.15) is 0 Å². The van der Waals surface area contributed by atoms with Gasteiger partial charge in [-0.3, -0.25) is 0 Å². The molecular weight excluding hydrogens is 176 g/mol. The SMILES string of the molecule is CCN(CC)CCCN[Si](C)(C)C. The van der Waals surface area contributed by atoms with Crippen LogP contribution >= 0.6 is 0 Å². The summed E-state index contributed by atoms with van der Waals surface area (Å²) < 4.78 is 0. The molecule has 0 aliphatic heterocycles. The molecule has 0 saturated heterocycles. The largest absolute Gasteiger partial charge is 0.337 e.